The fraction of sp³-hybridized carbons (Fsp3) is 0.591. The number of hydroxylamine groups is 1. The Morgan fingerprint density at radius 2 is 1.86 bits per heavy atom. The molecule has 0 aliphatic carbocycles. The molecule has 13 heteroatoms. The van der Waals surface area contributed by atoms with Crippen molar-refractivity contribution in [1.29, 1.82) is 0 Å². The number of nitrogens with one attached hydrogen (secondary N) is 1. The highest BCUT2D eigenvalue weighted by Crippen LogP contribution is 2.35. The van der Waals surface area contributed by atoms with Crippen LogP contribution in [0.3, 0.4) is 0 Å². The van der Waals surface area contributed by atoms with Crippen molar-refractivity contribution in [3.63, 3.8) is 0 Å². The Balaban J connectivity index is 2.37. The fourth-order valence-electron chi connectivity index (χ4n) is 3.58. The van der Waals surface area contributed by atoms with Crippen LogP contribution in [0.2, 0.25) is 0 Å². The second-order valence-corrected chi connectivity index (χ2v) is 8.12. The molecule has 1 aromatic rings. The minimum atomic E-state index is -2.81. The van der Waals surface area contributed by atoms with Gasteiger partial charge in [-0.05, 0) is 18.9 Å². The van der Waals surface area contributed by atoms with Crippen LogP contribution in [0.1, 0.15) is 25.3 Å². The van der Waals surface area contributed by atoms with Crippen LogP contribution in [0.5, 0.6) is 0 Å². The largest absolute Gasteiger partial charge is 0.394 e. The summed E-state index contributed by atoms with van der Waals surface area (Å²) in [6.45, 7) is 3.88. The average molecular weight is 502 g/mol. The van der Waals surface area contributed by atoms with E-state index in [1.807, 2.05) is 0 Å². The molecule has 1 aliphatic rings. The molecule has 1 fully saturated rings. The summed E-state index contributed by atoms with van der Waals surface area (Å²) in [5, 5.41) is 71.7. The van der Waals surface area contributed by atoms with Gasteiger partial charge >= 0.3 is 0 Å². The molecule has 0 unspecified atom stereocenters. The molecule has 0 bridgehead atoms. The third kappa shape index (κ3) is 6.33. The SMILES string of the molecule is [CH2]CC(=O)N(Cc1ccccc1)[C@@]1(O)[C@@H](ONC(=O)[C@@H](O)[C@@H](O)[C@H](O)CC)O[C@H](CO)[C@@H](O)[C@@H]1O. The molecule has 1 aromatic carbocycles. The van der Waals surface area contributed by atoms with E-state index in [4.69, 9.17) is 9.57 Å². The Bertz CT molecular complexity index is 829. The van der Waals surface area contributed by atoms with E-state index >= 15 is 0 Å². The average Bonchev–Trinajstić information content (AvgIpc) is 2.88. The van der Waals surface area contributed by atoms with E-state index in [9.17, 15) is 45.3 Å². The molecule has 8 N–H and O–H groups in total. The second kappa shape index (κ2) is 12.7. The molecular formula is C22H33N2O11. The molecular weight excluding hydrogens is 468 g/mol. The van der Waals surface area contributed by atoms with Gasteiger partial charge in [-0.15, -0.1) is 0 Å². The zero-order chi connectivity index (χ0) is 26.3. The van der Waals surface area contributed by atoms with Crippen LogP contribution in [-0.4, -0.2) is 108 Å². The van der Waals surface area contributed by atoms with Crippen molar-refractivity contribution in [3.8, 4) is 0 Å². The maximum absolute atomic E-state index is 12.8. The van der Waals surface area contributed by atoms with E-state index in [0.29, 0.717) is 5.56 Å². The summed E-state index contributed by atoms with van der Waals surface area (Å²) in [5.74, 6) is -2.12. The Kier molecular flexibility index (Phi) is 10.5. The number of aliphatic hydroxyl groups is 7. The van der Waals surface area contributed by atoms with Gasteiger partial charge in [-0.1, -0.05) is 37.3 Å². The predicted octanol–water partition coefficient (Wildman–Crippen LogP) is -3.09. The molecule has 1 radical (unpaired) electrons. The molecule has 197 valence electrons. The molecule has 2 amide bonds. The fourth-order valence-corrected chi connectivity index (χ4v) is 3.58. The van der Waals surface area contributed by atoms with Crippen molar-refractivity contribution >= 4 is 11.8 Å². The first-order valence-electron chi connectivity index (χ1n) is 11.0. The van der Waals surface area contributed by atoms with Crippen molar-refractivity contribution in [2.24, 2.45) is 0 Å². The maximum Gasteiger partial charge on any atom is 0.275 e. The zero-order valence-electron chi connectivity index (χ0n) is 19.2. The van der Waals surface area contributed by atoms with E-state index in [2.05, 4.69) is 6.92 Å². The van der Waals surface area contributed by atoms with Crippen LogP contribution in [0.25, 0.3) is 0 Å². The van der Waals surface area contributed by atoms with Gasteiger partial charge in [0.1, 0.15) is 24.4 Å². The van der Waals surface area contributed by atoms with Crippen LogP contribution in [0, 0.1) is 6.92 Å². The van der Waals surface area contributed by atoms with E-state index in [1.54, 1.807) is 35.8 Å². The van der Waals surface area contributed by atoms with E-state index in [-0.39, 0.29) is 19.4 Å². The summed E-state index contributed by atoms with van der Waals surface area (Å²) in [6, 6.07) is 8.31. The summed E-state index contributed by atoms with van der Waals surface area (Å²) < 4.78 is 5.35. The van der Waals surface area contributed by atoms with Gasteiger partial charge in [-0.25, -0.2) is 10.3 Å². The highest BCUT2D eigenvalue weighted by Gasteiger charge is 2.60. The van der Waals surface area contributed by atoms with E-state index in [0.717, 1.165) is 4.90 Å². The van der Waals surface area contributed by atoms with Gasteiger partial charge in [0.25, 0.3) is 5.91 Å². The molecule has 1 heterocycles. The molecule has 2 rings (SSSR count). The molecule has 35 heavy (non-hydrogen) atoms. The lowest BCUT2D eigenvalue weighted by atomic mass is 9.91. The number of benzene rings is 1. The topological polar surface area (TPSA) is 209 Å². The van der Waals surface area contributed by atoms with Gasteiger partial charge in [0, 0.05) is 13.0 Å². The molecule has 1 aliphatic heterocycles. The number of amides is 2. The Morgan fingerprint density at radius 1 is 1.23 bits per heavy atom. The predicted molar refractivity (Wildman–Crippen MR) is 117 cm³/mol. The highest BCUT2D eigenvalue weighted by atomic mass is 16.8. The summed E-state index contributed by atoms with van der Waals surface area (Å²) in [4.78, 5) is 30.9. The minimum absolute atomic E-state index is 0.0295. The number of hydrogen-bond donors (Lipinski definition) is 8. The monoisotopic (exact) mass is 501 g/mol. The quantitative estimate of drug-likeness (QED) is 0.112. The zero-order valence-corrected chi connectivity index (χ0v) is 19.2. The van der Waals surface area contributed by atoms with Crippen LogP contribution >= 0.6 is 0 Å². The van der Waals surface area contributed by atoms with Crippen LogP contribution in [-0.2, 0) is 25.7 Å². The number of rotatable bonds is 11. The van der Waals surface area contributed by atoms with Crippen LogP contribution in [0.15, 0.2) is 30.3 Å². The van der Waals surface area contributed by atoms with Crippen molar-refractivity contribution in [1.82, 2.24) is 10.4 Å². The van der Waals surface area contributed by atoms with Crippen LogP contribution in [0.4, 0.5) is 0 Å². The van der Waals surface area contributed by atoms with E-state index < -0.39 is 67.1 Å². The number of ether oxygens (including phenoxy) is 1. The van der Waals surface area contributed by atoms with Gasteiger partial charge in [0.15, 0.2) is 6.10 Å². The number of hydrogen-bond acceptors (Lipinski definition) is 11. The van der Waals surface area contributed by atoms with Crippen molar-refractivity contribution in [3.05, 3.63) is 42.8 Å². The van der Waals surface area contributed by atoms with Gasteiger partial charge in [-0.3, -0.25) is 9.59 Å². The maximum atomic E-state index is 12.8. The second-order valence-electron chi connectivity index (χ2n) is 8.12. The lowest BCUT2D eigenvalue weighted by Crippen LogP contribution is -2.75. The number of nitrogens with zero attached hydrogens (tertiary/aromatic N) is 1. The number of aliphatic hydroxyl groups excluding tert-OH is 6. The minimum Gasteiger partial charge on any atom is -0.394 e. The smallest absolute Gasteiger partial charge is 0.275 e. The summed E-state index contributed by atoms with van der Waals surface area (Å²) in [6.07, 6.45) is -13.4. The van der Waals surface area contributed by atoms with Crippen molar-refractivity contribution < 1.29 is 54.9 Å². The van der Waals surface area contributed by atoms with Crippen molar-refractivity contribution in [2.75, 3.05) is 6.61 Å². The Morgan fingerprint density at radius 3 is 2.40 bits per heavy atom. The van der Waals surface area contributed by atoms with Gasteiger partial charge < -0.3 is 45.4 Å². The third-order valence-corrected chi connectivity index (χ3v) is 5.77. The van der Waals surface area contributed by atoms with Crippen molar-refractivity contribution in [2.45, 2.75) is 74.9 Å². The Hall–Kier alpha value is -2.20. The first kappa shape index (κ1) is 29.0. The summed E-state index contributed by atoms with van der Waals surface area (Å²) in [5.41, 5.74) is -0.543. The van der Waals surface area contributed by atoms with E-state index in [1.165, 1.54) is 6.92 Å². The lowest BCUT2D eigenvalue weighted by molar-refractivity contribution is -0.384. The summed E-state index contributed by atoms with van der Waals surface area (Å²) in [7, 11) is 0. The normalized spacial score (nSPS) is 29.2. The molecule has 13 nitrogen and oxygen atoms in total. The van der Waals surface area contributed by atoms with Crippen LogP contribution < -0.4 is 5.48 Å². The first-order valence-corrected chi connectivity index (χ1v) is 11.0. The van der Waals surface area contributed by atoms with Gasteiger partial charge in [-0.2, -0.15) is 0 Å². The molecule has 0 saturated carbocycles. The molecule has 0 spiro atoms. The molecule has 8 atom stereocenters. The highest BCUT2D eigenvalue weighted by molar-refractivity contribution is 5.80. The molecule has 0 aromatic heterocycles. The van der Waals surface area contributed by atoms with Gasteiger partial charge in [0.05, 0.1) is 12.7 Å². The van der Waals surface area contributed by atoms with Gasteiger partial charge in [0.2, 0.25) is 17.9 Å². The third-order valence-electron chi connectivity index (χ3n) is 5.77. The standard InChI is InChI=1S/C22H33N2O11/c1-3-13(26)16(28)18(30)20(32)23-35-21-22(33,19(31)17(29)14(11-25)34-21)24(15(27)4-2)10-12-8-6-5-7-9-12/h5-9,13-14,16-19,21,25-26,28-31,33H,2-4,10-11H2,1H3,(H,23,32)/t13-,14-,16+,17-,18+,19+,21-,22+/m1/s1. The summed E-state index contributed by atoms with van der Waals surface area (Å²) >= 11 is 0. The lowest BCUT2D eigenvalue weighted by Gasteiger charge is -2.51. The first-order chi connectivity index (χ1) is 16.5. The number of carbonyl (C=O) groups is 2. The number of carbonyl (C=O) groups excluding carboxylic acids is 2. The molecule has 1 saturated heterocycles. The Labute approximate surface area is 202 Å².